The first-order valence-corrected chi connectivity index (χ1v) is 7.92. The third kappa shape index (κ3) is 3.45. The second kappa shape index (κ2) is 6.03. The maximum absolute atomic E-state index is 6.11. The van der Waals surface area contributed by atoms with Gasteiger partial charge in [0.05, 0.1) is 10.0 Å². The van der Waals surface area contributed by atoms with Crippen LogP contribution in [0.4, 0.5) is 0 Å². The van der Waals surface area contributed by atoms with Crippen molar-refractivity contribution < 1.29 is 0 Å². The van der Waals surface area contributed by atoms with Crippen molar-refractivity contribution in [1.29, 1.82) is 0 Å². The van der Waals surface area contributed by atoms with Crippen molar-refractivity contribution in [3.63, 3.8) is 0 Å². The molecule has 0 aromatic heterocycles. The molecule has 2 rings (SSSR count). The third-order valence-corrected chi connectivity index (χ3v) is 5.31. The van der Waals surface area contributed by atoms with Crippen LogP contribution in [-0.4, -0.2) is 6.54 Å². The Balaban J connectivity index is 2.02. The highest BCUT2D eigenvalue weighted by atomic mass is 35.5. The summed E-state index contributed by atoms with van der Waals surface area (Å²) in [6, 6.07) is 6.31. The number of halogens is 2. The van der Waals surface area contributed by atoms with Crippen LogP contribution in [0.1, 0.15) is 51.6 Å². The fraction of sp³-hybridized carbons (Fsp3) is 0.625. The van der Waals surface area contributed by atoms with Crippen molar-refractivity contribution in [2.24, 2.45) is 11.3 Å². The van der Waals surface area contributed by atoms with Gasteiger partial charge in [0, 0.05) is 12.6 Å². The molecule has 1 aliphatic carbocycles. The molecule has 0 amide bonds. The SMILES string of the molecule is CCC(NCC1(C(C)C)CC1)c1ccc(Cl)c(Cl)c1. The standard InChI is InChI=1S/C16H23Cl2N/c1-4-15(12-5-6-13(17)14(18)9-12)19-10-16(7-8-16)11(2)3/h5-6,9,11,15,19H,4,7-8,10H2,1-3H3. The molecule has 1 aromatic carbocycles. The lowest BCUT2D eigenvalue weighted by atomic mass is 9.91. The van der Waals surface area contributed by atoms with E-state index < -0.39 is 0 Å². The zero-order valence-corrected chi connectivity index (χ0v) is 13.5. The highest BCUT2D eigenvalue weighted by Gasteiger charge is 2.45. The third-order valence-electron chi connectivity index (χ3n) is 4.57. The van der Waals surface area contributed by atoms with Crippen molar-refractivity contribution in [2.45, 2.75) is 46.1 Å². The number of nitrogens with one attached hydrogen (secondary N) is 1. The molecule has 0 aliphatic heterocycles. The second-order valence-electron chi connectivity index (χ2n) is 6.03. The average molecular weight is 300 g/mol. The van der Waals surface area contributed by atoms with Gasteiger partial charge in [-0.25, -0.2) is 0 Å². The summed E-state index contributed by atoms with van der Waals surface area (Å²) in [5, 5.41) is 4.98. The van der Waals surface area contributed by atoms with Crippen molar-refractivity contribution >= 4 is 23.2 Å². The first-order chi connectivity index (χ1) is 8.98. The minimum Gasteiger partial charge on any atom is -0.309 e. The summed E-state index contributed by atoms with van der Waals surface area (Å²) < 4.78 is 0. The number of rotatable bonds is 6. The number of benzene rings is 1. The van der Waals surface area contributed by atoms with E-state index in [1.54, 1.807) is 0 Å². The van der Waals surface area contributed by atoms with Gasteiger partial charge < -0.3 is 5.32 Å². The van der Waals surface area contributed by atoms with Crippen LogP contribution < -0.4 is 5.32 Å². The molecule has 1 atom stereocenters. The van der Waals surface area contributed by atoms with Crippen LogP contribution >= 0.6 is 23.2 Å². The number of hydrogen-bond donors (Lipinski definition) is 1. The van der Waals surface area contributed by atoms with Gasteiger partial charge in [-0.05, 0) is 48.3 Å². The van der Waals surface area contributed by atoms with Crippen LogP contribution in [0.5, 0.6) is 0 Å². The maximum atomic E-state index is 6.11. The van der Waals surface area contributed by atoms with Crippen LogP contribution in [0.3, 0.4) is 0 Å². The van der Waals surface area contributed by atoms with Crippen molar-refractivity contribution in [3.8, 4) is 0 Å². The Labute approximate surface area is 126 Å². The second-order valence-corrected chi connectivity index (χ2v) is 6.85. The highest BCUT2D eigenvalue weighted by Crippen LogP contribution is 2.51. The van der Waals surface area contributed by atoms with E-state index in [-0.39, 0.29) is 0 Å². The van der Waals surface area contributed by atoms with Gasteiger partial charge in [0.2, 0.25) is 0 Å². The van der Waals surface area contributed by atoms with Gasteiger partial charge in [0.1, 0.15) is 0 Å². The minimum absolute atomic E-state index is 0.367. The molecule has 1 aliphatic rings. The lowest BCUT2D eigenvalue weighted by Crippen LogP contribution is -2.30. The van der Waals surface area contributed by atoms with E-state index in [0.29, 0.717) is 21.5 Å². The van der Waals surface area contributed by atoms with Gasteiger partial charge in [-0.1, -0.05) is 50.0 Å². The molecular formula is C16H23Cl2N. The van der Waals surface area contributed by atoms with Crippen molar-refractivity contribution in [2.75, 3.05) is 6.54 Å². The highest BCUT2D eigenvalue weighted by molar-refractivity contribution is 6.42. The molecule has 1 aromatic rings. The van der Waals surface area contributed by atoms with Crippen LogP contribution in [0.25, 0.3) is 0 Å². The molecule has 19 heavy (non-hydrogen) atoms. The zero-order chi connectivity index (χ0) is 14.0. The molecule has 106 valence electrons. The Morgan fingerprint density at radius 3 is 2.37 bits per heavy atom. The summed E-state index contributed by atoms with van der Waals surface area (Å²) in [4.78, 5) is 0. The van der Waals surface area contributed by atoms with E-state index in [4.69, 9.17) is 23.2 Å². The summed E-state index contributed by atoms with van der Waals surface area (Å²) in [6.07, 6.45) is 3.77. The Morgan fingerprint density at radius 2 is 1.89 bits per heavy atom. The molecule has 1 fully saturated rings. The fourth-order valence-corrected chi connectivity index (χ4v) is 2.98. The molecular weight excluding hydrogens is 277 g/mol. The quantitative estimate of drug-likeness (QED) is 0.734. The monoisotopic (exact) mass is 299 g/mol. The first-order valence-electron chi connectivity index (χ1n) is 7.17. The zero-order valence-electron chi connectivity index (χ0n) is 12.0. The molecule has 1 nitrogen and oxygen atoms in total. The van der Waals surface area contributed by atoms with Gasteiger partial charge in [0.25, 0.3) is 0 Å². The molecule has 1 saturated carbocycles. The lowest BCUT2D eigenvalue weighted by Gasteiger charge is -2.25. The van der Waals surface area contributed by atoms with E-state index in [1.807, 2.05) is 12.1 Å². The summed E-state index contributed by atoms with van der Waals surface area (Å²) in [5.41, 5.74) is 1.76. The topological polar surface area (TPSA) is 12.0 Å². The van der Waals surface area contributed by atoms with Gasteiger partial charge in [-0.3, -0.25) is 0 Å². The normalized spacial score (nSPS) is 18.6. The molecule has 0 saturated heterocycles. The predicted octanol–water partition coefficient (Wildman–Crippen LogP) is 5.47. The summed E-state index contributed by atoms with van der Waals surface area (Å²) in [5.74, 6) is 0.756. The summed E-state index contributed by atoms with van der Waals surface area (Å²) >= 11 is 12.1. The fourth-order valence-electron chi connectivity index (χ4n) is 2.67. The number of hydrogen-bond acceptors (Lipinski definition) is 1. The maximum Gasteiger partial charge on any atom is 0.0595 e. The van der Waals surface area contributed by atoms with Gasteiger partial charge in [-0.15, -0.1) is 0 Å². The Kier molecular flexibility index (Phi) is 4.81. The molecule has 0 radical (unpaired) electrons. The van der Waals surface area contributed by atoms with E-state index in [2.05, 4.69) is 32.2 Å². The predicted molar refractivity (Wildman–Crippen MR) is 84.0 cm³/mol. The van der Waals surface area contributed by atoms with Crippen LogP contribution in [0.15, 0.2) is 18.2 Å². The lowest BCUT2D eigenvalue weighted by molar-refractivity contribution is 0.318. The molecule has 1 unspecified atom stereocenters. The van der Waals surface area contributed by atoms with Crippen LogP contribution in [0, 0.1) is 11.3 Å². The van der Waals surface area contributed by atoms with Crippen LogP contribution in [0.2, 0.25) is 10.0 Å². The smallest absolute Gasteiger partial charge is 0.0595 e. The van der Waals surface area contributed by atoms with Gasteiger partial charge >= 0.3 is 0 Å². The Hall–Kier alpha value is -0.240. The Morgan fingerprint density at radius 1 is 1.21 bits per heavy atom. The molecule has 3 heteroatoms. The summed E-state index contributed by atoms with van der Waals surface area (Å²) in [6.45, 7) is 7.96. The first kappa shape index (κ1) is 15.2. The van der Waals surface area contributed by atoms with E-state index in [1.165, 1.54) is 18.4 Å². The minimum atomic E-state index is 0.367. The molecule has 0 bridgehead atoms. The molecule has 0 heterocycles. The van der Waals surface area contributed by atoms with E-state index >= 15 is 0 Å². The molecule has 0 spiro atoms. The molecule has 1 N–H and O–H groups in total. The van der Waals surface area contributed by atoms with Crippen LogP contribution in [-0.2, 0) is 0 Å². The Bertz CT molecular complexity index is 438. The van der Waals surface area contributed by atoms with E-state index in [0.717, 1.165) is 18.9 Å². The average Bonchev–Trinajstić information content (AvgIpc) is 3.15. The summed E-state index contributed by atoms with van der Waals surface area (Å²) in [7, 11) is 0. The van der Waals surface area contributed by atoms with Gasteiger partial charge in [0.15, 0.2) is 0 Å². The largest absolute Gasteiger partial charge is 0.309 e. The van der Waals surface area contributed by atoms with Crippen molar-refractivity contribution in [3.05, 3.63) is 33.8 Å². The van der Waals surface area contributed by atoms with Crippen molar-refractivity contribution in [1.82, 2.24) is 5.32 Å². The van der Waals surface area contributed by atoms with Gasteiger partial charge in [-0.2, -0.15) is 0 Å². The van der Waals surface area contributed by atoms with E-state index in [9.17, 15) is 0 Å².